The summed E-state index contributed by atoms with van der Waals surface area (Å²) in [6, 6.07) is 18.9. The minimum Gasteiger partial charge on any atom is -0.497 e. The first kappa shape index (κ1) is 23.4. The van der Waals surface area contributed by atoms with E-state index in [0.29, 0.717) is 0 Å². The molecule has 0 fully saturated rings. The highest BCUT2D eigenvalue weighted by Crippen LogP contribution is 2.33. The van der Waals surface area contributed by atoms with Gasteiger partial charge in [0.25, 0.3) is 0 Å². The summed E-state index contributed by atoms with van der Waals surface area (Å²) in [5.74, 6) is 1.01. The van der Waals surface area contributed by atoms with Crippen LogP contribution in [0.5, 0.6) is 5.75 Å². The van der Waals surface area contributed by atoms with E-state index in [4.69, 9.17) is 9.47 Å². The molecule has 2 unspecified atom stereocenters. The Kier molecular flexibility index (Phi) is 11.5. The summed E-state index contributed by atoms with van der Waals surface area (Å²) in [4.78, 5) is 0. The summed E-state index contributed by atoms with van der Waals surface area (Å²) in [6.07, 6.45) is 9.19. The molecule has 0 aliphatic rings. The number of rotatable bonds is 15. The topological polar surface area (TPSA) is 38.7 Å². The fourth-order valence-corrected chi connectivity index (χ4v) is 3.85. The maximum atomic E-state index is 9.43. The quantitative estimate of drug-likeness (QED) is 0.356. The van der Waals surface area contributed by atoms with Crippen molar-refractivity contribution in [3.8, 4) is 5.75 Å². The third kappa shape index (κ3) is 8.20. The minimum atomic E-state index is 0.0496. The van der Waals surface area contributed by atoms with Crippen molar-refractivity contribution >= 4 is 0 Å². The molecule has 0 radical (unpaired) electrons. The highest BCUT2D eigenvalue weighted by molar-refractivity contribution is 5.37. The molecule has 0 bridgehead atoms. The number of aliphatic hydroxyl groups is 1. The average Bonchev–Trinajstić information content (AvgIpc) is 2.77. The van der Waals surface area contributed by atoms with E-state index in [1.807, 2.05) is 12.1 Å². The van der Waals surface area contributed by atoms with Crippen LogP contribution in [0, 0.1) is 0 Å². The molecular formula is C26H38O3. The van der Waals surface area contributed by atoms with Gasteiger partial charge < -0.3 is 14.6 Å². The van der Waals surface area contributed by atoms with E-state index in [2.05, 4.69) is 49.4 Å². The van der Waals surface area contributed by atoms with Gasteiger partial charge >= 0.3 is 0 Å². The lowest BCUT2D eigenvalue weighted by atomic mass is 9.84. The number of methoxy groups -OCH3 is 1. The Morgan fingerprint density at radius 3 is 2.10 bits per heavy atom. The zero-order chi connectivity index (χ0) is 20.7. The molecule has 3 heteroatoms. The van der Waals surface area contributed by atoms with Gasteiger partial charge in [-0.1, -0.05) is 81.5 Å². The fraction of sp³-hybridized carbons (Fsp3) is 0.538. The summed E-state index contributed by atoms with van der Waals surface area (Å²) in [5, 5.41) is 9.43. The lowest BCUT2D eigenvalue weighted by Gasteiger charge is -2.29. The van der Waals surface area contributed by atoms with E-state index in [-0.39, 0.29) is 18.6 Å². The number of unbranched alkanes of at least 4 members (excludes halogenated alkanes) is 5. The second kappa shape index (κ2) is 14.2. The van der Waals surface area contributed by atoms with Crippen molar-refractivity contribution in [1.82, 2.24) is 0 Å². The molecule has 2 atom stereocenters. The number of ether oxygens (including phenoxy) is 2. The second-order valence-electron chi connectivity index (χ2n) is 7.70. The van der Waals surface area contributed by atoms with Crippen LogP contribution in [0.1, 0.15) is 75.3 Å². The molecule has 0 spiro atoms. The average molecular weight is 399 g/mol. The van der Waals surface area contributed by atoms with Gasteiger partial charge in [-0.3, -0.25) is 0 Å². The molecule has 0 amide bonds. The van der Waals surface area contributed by atoms with Crippen LogP contribution in [0.3, 0.4) is 0 Å². The summed E-state index contributed by atoms with van der Waals surface area (Å²) in [6.45, 7) is 3.22. The Labute approximate surface area is 177 Å². The normalized spacial score (nSPS) is 13.2. The van der Waals surface area contributed by atoms with Crippen molar-refractivity contribution in [1.29, 1.82) is 0 Å². The van der Waals surface area contributed by atoms with Crippen LogP contribution in [-0.4, -0.2) is 31.5 Å². The van der Waals surface area contributed by atoms with Crippen LogP contribution in [-0.2, 0) is 4.74 Å². The van der Waals surface area contributed by atoms with Crippen molar-refractivity contribution in [2.24, 2.45) is 0 Å². The van der Waals surface area contributed by atoms with Crippen molar-refractivity contribution in [3.63, 3.8) is 0 Å². The van der Waals surface area contributed by atoms with E-state index >= 15 is 0 Å². The molecule has 29 heavy (non-hydrogen) atoms. The highest BCUT2D eigenvalue weighted by atomic mass is 16.5. The minimum absolute atomic E-state index is 0.0496. The van der Waals surface area contributed by atoms with Crippen molar-refractivity contribution in [2.45, 2.75) is 70.3 Å². The molecule has 0 heterocycles. The van der Waals surface area contributed by atoms with Crippen LogP contribution in [0.15, 0.2) is 54.6 Å². The van der Waals surface area contributed by atoms with E-state index in [0.717, 1.165) is 31.6 Å². The molecule has 160 valence electrons. The molecule has 0 aliphatic carbocycles. The molecule has 0 saturated carbocycles. The lowest BCUT2D eigenvalue weighted by molar-refractivity contribution is 0.0297. The number of aliphatic hydroxyl groups excluding tert-OH is 1. The zero-order valence-electron chi connectivity index (χ0n) is 18.2. The first-order valence-electron chi connectivity index (χ1n) is 11.2. The molecule has 1 N–H and O–H groups in total. The third-order valence-corrected chi connectivity index (χ3v) is 5.48. The summed E-state index contributed by atoms with van der Waals surface area (Å²) < 4.78 is 11.8. The van der Waals surface area contributed by atoms with E-state index in [1.54, 1.807) is 7.11 Å². The number of hydrogen-bond donors (Lipinski definition) is 1. The van der Waals surface area contributed by atoms with Gasteiger partial charge in [-0.25, -0.2) is 0 Å². The Morgan fingerprint density at radius 1 is 0.793 bits per heavy atom. The molecule has 0 saturated heterocycles. The van der Waals surface area contributed by atoms with Crippen LogP contribution in [0.25, 0.3) is 0 Å². The van der Waals surface area contributed by atoms with Gasteiger partial charge in [0.2, 0.25) is 0 Å². The first-order valence-corrected chi connectivity index (χ1v) is 11.2. The second-order valence-corrected chi connectivity index (χ2v) is 7.70. The van der Waals surface area contributed by atoms with Crippen molar-refractivity contribution in [3.05, 3.63) is 65.7 Å². The summed E-state index contributed by atoms with van der Waals surface area (Å²) >= 11 is 0. The molecule has 2 aromatic rings. The van der Waals surface area contributed by atoms with E-state index < -0.39 is 0 Å². The maximum Gasteiger partial charge on any atom is 0.118 e. The monoisotopic (exact) mass is 398 g/mol. The molecule has 3 nitrogen and oxygen atoms in total. The van der Waals surface area contributed by atoms with Gasteiger partial charge in [-0.15, -0.1) is 0 Å². The zero-order valence-corrected chi connectivity index (χ0v) is 18.2. The smallest absolute Gasteiger partial charge is 0.118 e. The fourth-order valence-electron chi connectivity index (χ4n) is 3.85. The van der Waals surface area contributed by atoms with Gasteiger partial charge in [-0.05, 0) is 42.5 Å². The van der Waals surface area contributed by atoms with Crippen LogP contribution >= 0.6 is 0 Å². The van der Waals surface area contributed by atoms with Gasteiger partial charge in [0.15, 0.2) is 0 Å². The standard InChI is InChI=1S/C26H38O3/c1-3-4-5-6-7-11-21-29-25(15-12-20-27)26(22-13-9-8-10-14-22)23-16-18-24(28-2)19-17-23/h8-10,13-14,16-19,25-27H,3-7,11-12,15,20-21H2,1-2H3. The molecule has 0 aliphatic heterocycles. The van der Waals surface area contributed by atoms with Gasteiger partial charge in [0.1, 0.15) is 5.75 Å². The Morgan fingerprint density at radius 2 is 1.45 bits per heavy atom. The molecule has 0 aromatic heterocycles. The highest BCUT2D eigenvalue weighted by Gasteiger charge is 2.25. The molecule has 2 aromatic carbocycles. The Hall–Kier alpha value is -1.84. The number of hydrogen-bond acceptors (Lipinski definition) is 3. The van der Waals surface area contributed by atoms with Crippen LogP contribution in [0.2, 0.25) is 0 Å². The third-order valence-electron chi connectivity index (χ3n) is 5.48. The van der Waals surface area contributed by atoms with E-state index in [1.165, 1.54) is 43.2 Å². The largest absolute Gasteiger partial charge is 0.497 e. The van der Waals surface area contributed by atoms with Crippen molar-refractivity contribution < 1.29 is 14.6 Å². The van der Waals surface area contributed by atoms with Gasteiger partial charge in [0.05, 0.1) is 13.2 Å². The maximum absolute atomic E-state index is 9.43. The number of benzene rings is 2. The van der Waals surface area contributed by atoms with Gasteiger partial charge in [0, 0.05) is 19.1 Å². The molecule has 2 rings (SSSR count). The summed E-state index contributed by atoms with van der Waals surface area (Å²) in [7, 11) is 1.69. The predicted octanol–water partition coefficient (Wildman–Crippen LogP) is 6.35. The lowest BCUT2D eigenvalue weighted by Crippen LogP contribution is -2.24. The first-order chi connectivity index (χ1) is 14.3. The SMILES string of the molecule is CCCCCCCCOC(CCCO)C(c1ccccc1)c1ccc(OC)cc1. The molecular weight excluding hydrogens is 360 g/mol. The summed E-state index contributed by atoms with van der Waals surface area (Å²) in [5.41, 5.74) is 2.48. The van der Waals surface area contributed by atoms with Crippen LogP contribution in [0.4, 0.5) is 0 Å². The van der Waals surface area contributed by atoms with Gasteiger partial charge in [-0.2, -0.15) is 0 Å². The Balaban J connectivity index is 2.11. The van der Waals surface area contributed by atoms with Crippen molar-refractivity contribution in [2.75, 3.05) is 20.3 Å². The Bertz CT molecular complexity index is 639. The van der Waals surface area contributed by atoms with Crippen LogP contribution < -0.4 is 4.74 Å². The van der Waals surface area contributed by atoms with E-state index in [9.17, 15) is 5.11 Å². The predicted molar refractivity (Wildman–Crippen MR) is 121 cm³/mol.